The summed E-state index contributed by atoms with van der Waals surface area (Å²) in [5.41, 5.74) is 1.33. The van der Waals surface area contributed by atoms with E-state index in [1.165, 1.54) is 30.5 Å². The maximum atomic E-state index is 14.1. The third-order valence-electron chi connectivity index (χ3n) is 5.56. The quantitative estimate of drug-likeness (QED) is 0.620. The fraction of sp³-hybridized carbons (Fsp3) is 0.304. The summed E-state index contributed by atoms with van der Waals surface area (Å²) in [4.78, 5) is 19.1. The van der Waals surface area contributed by atoms with Crippen molar-refractivity contribution in [3.63, 3.8) is 0 Å². The van der Waals surface area contributed by atoms with Gasteiger partial charge in [-0.25, -0.2) is 12.8 Å². The maximum Gasteiger partial charge on any atom is 0.256 e. The van der Waals surface area contributed by atoms with Crippen molar-refractivity contribution in [1.82, 2.24) is 9.88 Å². The van der Waals surface area contributed by atoms with E-state index in [1.54, 1.807) is 17.0 Å². The molecule has 1 aliphatic rings. The number of likely N-dealkylation sites (tertiary alicyclic amines) is 1. The van der Waals surface area contributed by atoms with E-state index < -0.39 is 15.7 Å². The minimum absolute atomic E-state index is 0.00503. The summed E-state index contributed by atoms with van der Waals surface area (Å²) in [5.74, 6) is -0.957. The summed E-state index contributed by atoms with van der Waals surface area (Å²) in [6, 6.07) is 10.4. The molecule has 2 aromatic carbocycles. The van der Waals surface area contributed by atoms with Crippen LogP contribution in [0.3, 0.4) is 0 Å². The second kappa shape index (κ2) is 8.14. The Labute approximate surface area is 175 Å². The molecule has 1 fully saturated rings. The number of aromatic nitrogens is 1. The number of sulfone groups is 1. The summed E-state index contributed by atoms with van der Waals surface area (Å²) in [6.45, 7) is 3.13. The van der Waals surface area contributed by atoms with Crippen molar-refractivity contribution < 1.29 is 17.6 Å². The van der Waals surface area contributed by atoms with Crippen LogP contribution in [0.1, 0.15) is 42.1 Å². The third-order valence-corrected chi connectivity index (χ3v) is 7.43. The molecule has 4 rings (SSSR count). The monoisotopic (exact) mass is 426 g/mol. The molecule has 30 heavy (non-hydrogen) atoms. The number of aryl methyl sites for hydroxylation is 1. The molecule has 0 spiro atoms. The Morgan fingerprint density at radius 1 is 1.07 bits per heavy atom. The van der Waals surface area contributed by atoms with Crippen molar-refractivity contribution in [3.8, 4) is 0 Å². The first-order valence-electron chi connectivity index (χ1n) is 10.1. The summed E-state index contributed by atoms with van der Waals surface area (Å²) in [7, 11) is -4.08. The molecule has 3 aromatic rings. The molecule has 1 saturated heterocycles. The Balaban J connectivity index is 1.94. The van der Waals surface area contributed by atoms with Crippen LogP contribution in [0.15, 0.2) is 58.5 Å². The maximum absolute atomic E-state index is 14.1. The number of pyridine rings is 1. The van der Waals surface area contributed by atoms with Gasteiger partial charge in [0.25, 0.3) is 5.91 Å². The molecule has 0 unspecified atom stereocenters. The lowest BCUT2D eigenvalue weighted by atomic mass is 10.1. The Morgan fingerprint density at radius 2 is 1.77 bits per heavy atom. The molecular formula is C23H23FN2O3S. The van der Waals surface area contributed by atoms with Gasteiger partial charge in [0.05, 0.1) is 20.9 Å². The number of rotatable bonds is 4. The molecule has 1 aliphatic heterocycles. The first-order valence-corrected chi connectivity index (χ1v) is 11.6. The van der Waals surface area contributed by atoms with Gasteiger partial charge in [-0.2, -0.15) is 0 Å². The second-order valence-electron chi connectivity index (χ2n) is 7.52. The van der Waals surface area contributed by atoms with Crippen LogP contribution in [0.5, 0.6) is 0 Å². The minimum atomic E-state index is -4.08. The Hall–Kier alpha value is -2.80. The van der Waals surface area contributed by atoms with Crippen LogP contribution < -0.4 is 0 Å². The first-order chi connectivity index (χ1) is 14.4. The zero-order valence-corrected chi connectivity index (χ0v) is 17.6. The normalized spacial score (nSPS) is 14.8. The van der Waals surface area contributed by atoms with Gasteiger partial charge in [0, 0.05) is 24.7 Å². The van der Waals surface area contributed by atoms with Crippen LogP contribution in [0.2, 0.25) is 0 Å². The molecule has 156 valence electrons. The van der Waals surface area contributed by atoms with Crippen molar-refractivity contribution in [1.29, 1.82) is 0 Å². The van der Waals surface area contributed by atoms with Gasteiger partial charge in [-0.3, -0.25) is 9.78 Å². The first kappa shape index (κ1) is 20.5. The average Bonchev–Trinajstić information content (AvgIpc) is 2.78. The fourth-order valence-electron chi connectivity index (χ4n) is 3.87. The summed E-state index contributed by atoms with van der Waals surface area (Å²) in [5, 5.41) is 0.123. The van der Waals surface area contributed by atoms with Crippen molar-refractivity contribution in [2.45, 2.75) is 42.4 Å². The van der Waals surface area contributed by atoms with E-state index in [9.17, 15) is 17.6 Å². The zero-order chi connectivity index (χ0) is 21.3. The van der Waals surface area contributed by atoms with Gasteiger partial charge in [0.15, 0.2) is 0 Å². The molecule has 0 N–H and O–H groups in total. The van der Waals surface area contributed by atoms with Gasteiger partial charge in [-0.05, 0) is 61.6 Å². The Morgan fingerprint density at radius 3 is 2.43 bits per heavy atom. The number of benzene rings is 2. The summed E-state index contributed by atoms with van der Waals surface area (Å²) in [6.07, 6.45) is 4.89. The predicted molar refractivity (Wildman–Crippen MR) is 113 cm³/mol. The lowest BCUT2D eigenvalue weighted by molar-refractivity contribution is 0.0720. The fourth-order valence-corrected chi connectivity index (χ4v) is 5.48. The summed E-state index contributed by atoms with van der Waals surface area (Å²) < 4.78 is 41.4. The highest BCUT2D eigenvalue weighted by atomic mass is 32.2. The Kier molecular flexibility index (Phi) is 5.56. The average molecular weight is 427 g/mol. The van der Waals surface area contributed by atoms with E-state index in [0.29, 0.717) is 18.6 Å². The van der Waals surface area contributed by atoms with E-state index in [-0.39, 0.29) is 26.6 Å². The standard InChI is InChI=1S/C23H23FN2O3S/c1-2-16-6-9-18(10-7-16)30(28,29)22-19-14-17(24)8-11-21(19)25-15-20(22)23(27)26-12-4-3-5-13-26/h6-11,14-15H,2-5,12-13H2,1H3. The molecule has 0 saturated carbocycles. The van der Waals surface area contributed by atoms with Gasteiger partial charge in [-0.15, -0.1) is 0 Å². The van der Waals surface area contributed by atoms with E-state index in [1.807, 2.05) is 6.92 Å². The number of halogens is 1. The predicted octanol–water partition coefficient (Wildman–Crippen LogP) is 4.40. The smallest absolute Gasteiger partial charge is 0.256 e. The number of hydrogen-bond donors (Lipinski definition) is 0. The molecule has 2 heterocycles. The topological polar surface area (TPSA) is 67.3 Å². The molecule has 0 radical (unpaired) electrons. The highest BCUT2D eigenvalue weighted by Gasteiger charge is 2.30. The van der Waals surface area contributed by atoms with Crippen LogP contribution in [-0.2, 0) is 16.3 Å². The Bertz CT molecular complexity index is 1200. The van der Waals surface area contributed by atoms with Crippen LogP contribution in [0, 0.1) is 5.82 Å². The van der Waals surface area contributed by atoms with Gasteiger partial charge in [0.1, 0.15) is 5.82 Å². The van der Waals surface area contributed by atoms with Crippen LogP contribution in [0.4, 0.5) is 4.39 Å². The highest BCUT2D eigenvalue weighted by Crippen LogP contribution is 2.32. The number of nitrogens with zero attached hydrogens (tertiary/aromatic N) is 2. The molecule has 5 nitrogen and oxygen atoms in total. The number of amides is 1. The molecule has 0 atom stereocenters. The number of hydrogen-bond acceptors (Lipinski definition) is 4. The van der Waals surface area contributed by atoms with Crippen LogP contribution >= 0.6 is 0 Å². The molecule has 0 aliphatic carbocycles. The SMILES string of the molecule is CCc1ccc(S(=O)(=O)c2c(C(=O)N3CCCCC3)cnc3ccc(F)cc23)cc1. The number of carbonyl (C=O) groups is 1. The molecule has 1 aromatic heterocycles. The molecular weight excluding hydrogens is 403 g/mol. The zero-order valence-electron chi connectivity index (χ0n) is 16.8. The van der Waals surface area contributed by atoms with E-state index in [0.717, 1.165) is 37.3 Å². The van der Waals surface area contributed by atoms with Crippen molar-refractivity contribution >= 4 is 26.6 Å². The number of fused-ring (bicyclic) bond motifs is 1. The molecule has 0 bridgehead atoms. The van der Waals surface area contributed by atoms with Crippen LogP contribution in [-0.4, -0.2) is 37.3 Å². The molecule has 1 amide bonds. The largest absolute Gasteiger partial charge is 0.339 e. The van der Waals surface area contributed by atoms with Crippen molar-refractivity contribution in [2.24, 2.45) is 0 Å². The van der Waals surface area contributed by atoms with Gasteiger partial charge >= 0.3 is 0 Å². The van der Waals surface area contributed by atoms with E-state index in [4.69, 9.17) is 0 Å². The van der Waals surface area contributed by atoms with Gasteiger partial charge in [-0.1, -0.05) is 19.1 Å². The van der Waals surface area contributed by atoms with Crippen molar-refractivity contribution in [3.05, 3.63) is 65.6 Å². The minimum Gasteiger partial charge on any atom is -0.339 e. The van der Waals surface area contributed by atoms with Gasteiger partial charge < -0.3 is 4.90 Å². The molecule has 7 heteroatoms. The number of carbonyl (C=O) groups excluding carboxylic acids is 1. The summed E-state index contributed by atoms with van der Waals surface area (Å²) >= 11 is 0. The third kappa shape index (κ3) is 3.69. The van der Waals surface area contributed by atoms with Crippen LogP contribution in [0.25, 0.3) is 10.9 Å². The van der Waals surface area contributed by atoms with E-state index in [2.05, 4.69) is 4.98 Å². The lowest BCUT2D eigenvalue weighted by Crippen LogP contribution is -2.36. The van der Waals surface area contributed by atoms with E-state index >= 15 is 0 Å². The van der Waals surface area contributed by atoms with Gasteiger partial charge in [0.2, 0.25) is 9.84 Å². The number of piperidine rings is 1. The highest BCUT2D eigenvalue weighted by molar-refractivity contribution is 7.91. The van der Waals surface area contributed by atoms with Crippen molar-refractivity contribution in [2.75, 3.05) is 13.1 Å². The lowest BCUT2D eigenvalue weighted by Gasteiger charge is -2.27. The second-order valence-corrected chi connectivity index (χ2v) is 9.40.